The third-order valence-electron chi connectivity index (χ3n) is 6.38. The standard InChI is InChI=1S/C27H31NO7/c1-4-17-7-5-6-8-22(17)35-25-15-34-24-14-19(9-11-20(24)27(25)30)33-16-26(29)28-21-13-18(31-2)10-12-23(21)32-3/h5-8,10,12-13,15,19-20,24H,4,9,11,14,16H2,1-3H3,(H,28,29). The van der Waals surface area contributed by atoms with Crippen LogP contribution in [0.15, 0.2) is 54.5 Å². The minimum absolute atomic E-state index is 0.0477. The van der Waals surface area contributed by atoms with E-state index in [1.807, 2.05) is 31.2 Å². The maximum absolute atomic E-state index is 13.1. The predicted molar refractivity (Wildman–Crippen MR) is 130 cm³/mol. The Hall–Kier alpha value is -3.52. The SMILES string of the molecule is CCc1ccccc1OC1=COC2CC(OCC(=O)Nc3cc(OC)ccc3OC)CCC2C1=O. The highest BCUT2D eigenvalue weighted by atomic mass is 16.5. The third-order valence-corrected chi connectivity index (χ3v) is 6.38. The molecule has 3 atom stereocenters. The van der Waals surface area contributed by atoms with Gasteiger partial charge in [0.2, 0.25) is 17.4 Å². The molecule has 1 aliphatic heterocycles. The van der Waals surface area contributed by atoms with Gasteiger partial charge in [-0.1, -0.05) is 25.1 Å². The minimum atomic E-state index is -0.301. The Morgan fingerprint density at radius 3 is 2.69 bits per heavy atom. The first-order chi connectivity index (χ1) is 17.0. The van der Waals surface area contributed by atoms with E-state index in [0.717, 1.165) is 12.0 Å². The molecule has 186 valence electrons. The lowest BCUT2D eigenvalue weighted by molar-refractivity contribution is -0.136. The molecule has 8 heteroatoms. The third kappa shape index (κ3) is 5.77. The van der Waals surface area contributed by atoms with Crippen LogP contribution < -0.4 is 19.5 Å². The Labute approximate surface area is 205 Å². The number of amides is 1. The summed E-state index contributed by atoms with van der Waals surface area (Å²) in [5.41, 5.74) is 1.54. The van der Waals surface area contributed by atoms with Crippen molar-refractivity contribution < 1.29 is 33.3 Å². The Balaban J connectivity index is 1.31. The van der Waals surface area contributed by atoms with Crippen molar-refractivity contribution in [2.75, 3.05) is 26.1 Å². The first-order valence-electron chi connectivity index (χ1n) is 11.8. The Morgan fingerprint density at radius 1 is 1.09 bits per heavy atom. The zero-order valence-electron chi connectivity index (χ0n) is 20.2. The molecular formula is C27H31NO7. The highest BCUT2D eigenvalue weighted by molar-refractivity contribution is 5.96. The summed E-state index contributed by atoms with van der Waals surface area (Å²) < 4.78 is 28.2. The second-order valence-electron chi connectivity index (χ2n) is 8.55. The monoisotopic (exact) mass is 481 g/mol. The molecule has 1 aliphatic carbocycles. The summed E-state index contributed by atoms with van der Waals surface area (Å²) >= 11 is 0. The Kier molecular flexibility index (Phi) is 7.92. The molecule has 1 heterocycles. The van der Waals surface area contributed by atoms with Gasteiger partial charge in [0.25, 0.3) is 0 Å². The fourth-order valence-electron chi connectivity index (χ4n) is 4.46. The number of rotatable bonds is 9. The van der Waals surface area contributed by atoms with E-state index in [1.54, 1.807) is 25.3 Å². The van der Waals surface area contributed by atoms with E-state index in [-0.39, 0.29) is 42.2 Å². The van der Waals surface area contributed by atoms with Gasteiger partial charge in [0.1, 0.15) is 36.2 Å². The summed E-state index contributed by atoms with van der Waals surface area (Å²) in [6, 6.07) is 12.8. The van der Waals surface area contributed by atoms with Crippen molar-refractivity contribution in [3.8, 4) is 17.2 Å². The molecule has 0 aromatic heterocycles. The molecule has 0 bridgehead atoms. The number of fused-ring (bicyclic) bond motifs is 1. The van der Waals surface area contributed by atoms with Gasteiger partial charge in [0.05, 0.1) is 31.9 Å². The van der Waals surface area contributed by atoms with Crippen molar-refractivity contribution in [1.29, 1.82) is 0 Å². The van der Waals surface area contributed by atoms with Crippen LogP contribution in [0.5, 0.6) is 17.2 Å². The van der Waals surface area contributed by atoms with Gasteiger partial charge in [0.15, 0.2) is 0 Å². The van der Waals surface area contributed by atoms with Crippen LogP contribution in [-0.2, 0) is 25.5 Å². The predicted octanol–water partition coefficient (Wildman–Crippen LogP) is 4.28. The molecule has 1 amide bonds. The van der Waals surface area contributed by atoms with Gasteiger partial charge in [-0.15, -0.1) is 0 Å². The van der Waals surface area contributed by atoms with E-state index in [2.05, 4.69) is 5.32 Å². The van der Waals surface area contributed by atoms with Gasteiger partial charge in [-0.2, -0.15) is 0 Å². The molecule has 2 aliphatic rings. The second kappa shape index (κ2) is 11.3. The van der Waals surface area contributed by atoms with Crippen LogP contribution in [-0.4, -0.2) is 44.7 Å². The van der Waals surface area contributed by atoms with Gasteiger partial charge in [-0.3, -0.25) is 9.59 Å². The number of hydrogen-bond donors (Lipinski definition) is 1. The number of ketones is 1. The van der Waals surface area contributed by atoms with Gasteiger partial charge in [0, 0.05) is 12.5 Å². The number of para-hydroxylation sites is 1. The van der Waals surface area contributed by atoms with Crippen molar-refractivity contribution in [3.05, 3.63) is 60.0 Å². The van der Waals surface area contributed by atoms with Gasteiger partial charge in [-0.05, 0) is 43.0 Å². The minimum Gasteiger partial charge on any atom is -0.497 e. The average molecular weight is 482 g/mol. The van der Waals surface area contributed by atoms with Crippen molar-refractivity contribution in [2.45, 2.75) is 44.8 Å². The largest absolute Gasteiger partial charge is 0.497 e. The fourth-order valence-corrected chi connectivity index (χ4v) is 4.46. The Morgan fingerprint density at radius 2 is 1.91 bits per heavy atom. The lowest BCUT2D eigenvalue weighted by Crippen LogP contribution is -2.43. The molecule has 0 spiro atoms. The fraction of sp³-hybridized carbons (Fsp3) is 0.407. The molecule has 35 heavy (non-hydrogen) atoms. The number of allylic oxidation sites excluding steroid dienone is 1. The number of benzene rings is 2. The highest BCUT2D eigenvalue weighted by Gasteiger charge is 2.41. The van der Waals surface area contributed by atoms with Crippen LogP contribution >= 0.6 is 0 Å². The number of nitrogens with one attached hydrogen (secondary N) is 1. The van der Waals surface area contributed by atoms with E-state index in [0.29, 0.717) is 42.2 Å². The number of Topliss-reactive ketones (excluding diaryl/α,β-unsaturated/α-hetero) is 1. The van der Waals surface area contributed by atoms with Gasteiger partial charge in [-0.25, -0.2) is 0 Å². The van der Waals surface area contributed by atoms with Crippen LogP contribution in [0.4, 0.5) is 5.69 Å². The molecule has 8 nitrogen and oxygen atoms in total. The Bertz CT molecular complexity index is 1100. The highest BCUT2D eigenvalue weighted by Crippen LogP contribution is 2.36. The van der Waals surface area contributed by atoms with Crippen LogP contribution in [0.2, 0.25) is 0 Å². The van der Waals surface area contributed by atoms with Crippen molar-refractivity contribution in [3.63, 3.8) is 0 Å². The topological polar surface area (TPSA) is 92.3 Å². The summed E-state index contributed by atoms with van der Waals surface area (Å²) in [6.07, 6.45) is 3.54. The summed E-state index contributed by atoms with van der Waals surface area (Å²) in [5.74, 6) is 1.41. The quantitative estimate of drug-likeness (QED) is 0.572. The van der Waals surface area contributed by atoms with E-state index in [9.17, 15) is 9.59 Å². The van der Waals surface area contributed by atoms with Crippen LogP contribution in [0.25, 0.3) is 0 Å². The van der Waals surface area contributed by atoms with Crippen molar-refractivity contribution in [2.24, 2.45) is 5.92 Å². The van der Waals surface area contributed by atoms with Crippen molar-refractivity contribution in [1.82, 2.24) is 0 Å². The zero-order chi connectivity index (χ0) is 24.8. The molecule has 3 unspecified atom stereocenters. The number of carbonyl (C=O) groups excluding carboxylic acids is 2. The van der Waals surface area contributed by atoms with Crippen LogP contribution in [0.3, 0.4) is 0 Å². The molecule has 2 aromatic rings. The number of aryl methyl sites for hydroxylation is 1. The normalized spacial score (nSPS) is 21.3. The number of anilines is 1. The van der Waals surface area contributed by atoms with Crippen LogP contribution in [0.1, 0.15) is 31.7 Å². The maximum Gasteiger partial charge on any atom is 0.250 e. The lowest BCUT2D eigenvalue weighted by atomic mass is 9.80. The molecule has 2 aromatic carbocycles. The lowest BCUT2D eigenvalue weighted by Gasteiger charge is -2.37. The molecule has 1 saturated carbocycles. The van der Waals surface area contributed by atoms with Crippen molar-refractivity contribution >= 4 is 17.4 Å². The number of methoxy groups -OCH3 is 2. The number of ether oxygens (including phenoxy) is 5. The molecule has 4 rings (SSSR count). The molecule has 1 fully saturated rings. The van der Waals surface area contributed by atoms with Gasteiger partial charge >= 0.3 is 0 Å². The molecule has 0 radical (unpaired) electrons. The van der Waals surface area contributed by atoms with E-state index >= 15 is 0 Å². The molecular weight excluding hydrogens is 450 g/mol. The van der Waals surface area contributed by atoms with Crippen LogP contribution in [0, 0.1) is 5.92 Å². The summed E-state index contributed by atoms with van der Waals surface area (Å²) in [4.78, 5) is 25.5. The van der Waals surface area contributed by atoms with E-state index < -0.39 is 0 Å². The second-order valence-corrected chi connectivity index (χ2v) is 8.55. The first kappa shape index (κ1) is 24.6. The van der Waals surface area contributed by atoms with E-state index in [1.165, 1.54) is 13.4 Å². The summed E-state index contributed by atoms with van der Waals surface area (Å²) in [5, 5.41) is 2.80. The number of hydrogen-bond acceptors (Lipinski definition) is 7. The smallest absolute Gasteiger partial charge is 0.250 e. The zero-order valence-corrected chi connectivity index (χ0v) is 20.2. The first-order valence-corrected chi connectivity index (χ1v) is 11.8. The molecule has 1 N–H and O–H groups in total. The summed E-state index contributed by atoms with van der Waals surface area (Å²) in [6.45, 7) is 1.93. The summed E-state index contributed by atoms with van der Waals surface area (Å²) in [7, 11) is 3.09. The number of carbonyl (C=O) groups is 2. The van der Waals surface area contributed by atoms with Gasteiger partial charge < -0.3 is 29.0 Å². The van der Waals surface area contributed by atoms with E-state index in [4.69, 9.17) is 23.7 Å². The maximum atomic E-state index is 13.1. The average Bonchev–Trinajstić information content (AvgIpc) is 2.89. The molecule has 0 saturated heterocycles.